The van der Waals surface area contributed by atoms with Crippen molar-refractivity contribution in [2.75, 3.05) is 0 Å². The Morgan fingerprint density at radius 2 is 0.444 bits per heavy atom. The molecular weight excluding hydrogens is 214 g/mol. The summed E-state index contributed by atoms with van der Waals surface area (Å²) in [5.74, 6) is 0. The Kier molecular flexibility index (Phi) is 17000. The van der Waals surface area contributed by atoms with E-state index in [2.05, 4.69) is 0 Å². The van der Waals surface area contributed by atoms with Crippen LogP contribution in [0, 0.1) is 0 Å². The van der Waals surface area contributed by atoms with Gasteiger partial charge in [0.25, 0.3) is 0 Å². The van der Waals surface area contributed by atoms with Gasteiger partial charge in [0.05, 0.1) is 0 Å². The summed E-state index contributed by atoms with van der Waals surface area (Å²) in [6.07, 6.45) is 0. The summed E-state index contributed by atoms with van der Waals surface area (Å²) in [5, 5.41) is 12.0. The molecule has 0 rings (SSSR count). The van der Waals surface area contributed by atoms with Crippen LogP contribution in [-0.2, 0) is 64.5 Å². The van der Waals surface area contributed by atoms with Gasteiger partial charge in [-0.15, -0.1) is 0 Å². The van der Waals surface area contributed by atoms with E-state index in [1.165, 1.54) is 0 Å². The first-order valence-electron chi connectivity index (χ1n) is 0.200. The van der Waals surface area contributed by atoms with E-state index >= 15 is 0 Å². The van der Waals surface area contributed by atoms with E-state index in [1.54, 1.807) is 0 Å². The number of hydrogen-bond donors (Lipinski definition) is 2. The first-order chi connectivity index (χ1) is 1.00. The minimum atomic E-state index is 0. The molecule has 64 valence electrons. The predicted molar refractivity (Wildman–Crippen MR) is 8.69 cm³/mol. The van der Waals surface area contributed by atoms with Crippen molar-refractivity contribution < 1.29 is 75.0 Å². The maximum absolute atomic E-state index is 6.00. The van der Waals surface area contributed by atoms with Crippen molar-refractivity contribution in [2.45, 2.75) is 0 Å². The number of hydrogen-bond acceptors (Lipinski definition) is 2. The normalized spacial score (nSPS) is 0.667. The summed E-state index contributed by atoms with van der Waals surface area (Å²) >= 11 is 0. The summed E-state index contributed by atoms with van der Waals surface area (Å²) < 4.78 is 0. The zero-order valence-electron chi connectivity index (χ0n) is 3.83. The van der Waals surface area contributed by atoms with Gasteiger partial charge in [-0.2, -0.15) is 0 Å². The van der Waals surface area contributed by atoms with Crippen molar-refractivity contribution in [3.05, 3.63) is 0 Å². The fourth-order valence-electron chi connectivity index (χ4n) is 0. The fraction of sp³-hybridized carbons (Fsp3) is 0. The van der Waals surface area contributed by atoms with Crippen molar-refractivity contribution in [3.8, 4) is 0 Å². The molecule has 0 aromatic rings. The molecule has 0 amide bonds. The second kappa shape index (κ2) is 700. The van der Waals surface area contributed by atoms with E-state index in [9.17, 15) is 0 Å². The van der Waals surface area contributed by atoms with Crippen molar-refractivity contribution in [1.29, 1.82) is 0 Å². The minimum Gasteiger partial charge on any atom is -2.00 e. The average molecular weight is 216 g/mol. The van der Waals surface area contributed by atoms with Gasteiger partial charge in [0, 0.05) is 37.1 Å². The van der Waals surface area contributed by atoms with Gasteiger partial charge in [0.2, 0.25) is 0 Å². The first kappa shape index (κ1) is 219. The summed E-state index contributed by atoms with van der Waals surface area (Å²) in [4.78, 5) is 0. The maximum Gasteiger partial charge on any atom is 0 e. The molecule has 9 heavy (non-hydrogen) atoms. The Hall–Kier alpha value is 0.889. The summed E-state index contributed by atoms with van der Waals surface area (Å²) in [6.45, 7) is 0. The van der Waals surface area contributed by atoms with Gasteiger partial charge in [0.1, 0.15) is 0 Å². The van der Waals surface area contributed by atoms with Crippen LogP contribution >= 0.6 is 0 Å². The zero-order valence-corrected chi connectivity index (χ0v) is 6.62. The Morgan fingerprint density at radius 1 is 0.444 bits per heavy atom. The molecular formula is H2O7V2-10. The molecule has 0 bridgehead atoms. The van der Waals surface area contributed by atoms with Crippen LogP contribution in [0.15, 0.2) is 0 Å². The molecule has 0 fully saturated rings. The van der Waals surface area contributed by atoms with E-state index in [0.717, 1.165) is 0 Å². The van der Waals surface area contributed by atoms with Crippen molar-refractivity contribution in [1.82, 2.24) is 0 Å². The zero-order chi connectivity index (χ0) is 2.00. The molecule has 0 aliphatic carbocycles. The van der Waals surface area contributed by atoms with Gasteiger partial charge in [-0.1, -0.05) is 0 Å². The summed E-state index contributed by atoms with van der Waals surface area (Å²) in [7, 11) is 0. The fourth-order valence-corrected chi connectivity index (χ4v) is 0. The molecule has 2 N–H and O–H groups in total. The van der Waals surface area contributed by atoms with Gasteiger partial charge in [0.15, 0.2) is 0 Å². The minimum absolute atomic E-state index is 0. The van der Waals surface area contributed by atoms with Crippen LogP contribution in [0.4, 0.5) is 0 Å². The molecule has 0 saturated carbocycles. The van der Waals surface area contributed by atoms with Crippen LogP contribution in [0.25, 0.3) is 0 Å². The Bertz CT molecular complexity index is 6.88. The molecule has 7 nitrogen and oxygen atoms in total. The van der Waals surface area contributed by atoms with Crippen LogP contribution < -0.4 is 0 Å². The van der Waals surface area contributed by atoms with E-state index in [1.807, 2.05) is 0 Å². The second-order valence-corrected chi connectivity index (χ2v) is 0. The average Bonchev–Trinajstić information content (AvgIpc) is 1.00. The first-order valence-corrected chi connectivity index (χ1v) is 0.200. The predicted octanol–water partition coefficient (Wildman–Crippen LogP) is -0.582. The molecule has 0 aliphatic heterocycles. The van der Waals surface area contributed by atoms with Gasteiger partial charge >= 0.3 is 0 Å². The van der Waals surface area contributed by atoms with E-state index < -0.39 is 0 Å². The molecule has 0 aromatic heterocycles. The SMILES string of the molecule is OO.[O-2].[O-2].[O-2].[O-2].[O-2].[V].[V]. The molecule has 9 heteroatoms. The molecule has 0 aromatic carbocycles. The number of rotatable bonds is 0. The van der Waals surface area contributed by atoms with E-state index in [0.29, 0.717) is 0 Å². The smallest absolute Gasteiger partial charge is 0 e. The van der Waals surface area contributed by atoms with Crippen molar-refractivity contribution in [3.63, 3.8) is 0 Å². The molecule has 0 aliphatic rings. The topological polar surface area (TPSA) is 183 Å². The van der Waals surface area contributed by atoms with Crippen LogP contribution in [0.1, 0.15) is 0 Å². The third-order valence-corrected chi connectivity index (χ3v) is 0. The third kappa shape index (κ3) is 534. The molecule has 0 heterocycles. The monoisotopic (exact) mass is 216 g/mol. The maximum atomic E-state index is 6.00. The summed E-state index contributed by atoms with van der Waals surface area (Å²) in [6, 6.07) is 0. The van der Waals surface area contributed by atoms with Gasteiger partial charge in [-0.05, 0) is 0 Å². The van der Waals surface area contributed by atoms with Crippen LogP contribution in [0.3, 0.4) is 0 Å². The third-order valence-electron chi connectivity index (χ3n) is 0. The Balaban J connectivity index is -0.000000000238. The quantitative estimate of drug-likeness (QED) is 0.405. The van der Waals surface area contributed by atoms with Crippen LogP contribution in [0.2, 0.25) is 0 Å². The van der Waals surface area contributed by atoms with Crippen LogP contribution in [-0.4, -0.2) is 10.5 Å². The Labute approximate surface area is 75.3 Å². The molecule has 2 radical (unpaired) electrons. The van der Waals surface area contributed by atoms with E-state index in [-0.39, 0.29) is 64.5 Å². The largest absolute Gasteiger partial charge is 2.00 e. The van der Waals surface area contributed by atoms with Gasteiger partial charge in [-0.3, -0.25) is 10.5 Å². The molecule has 0 spiro atoms. The van der Waals surface area contributed by atoms with Crippen LogP contribution in [0.5, 0.6) is 0 Å². The van der Waals surface area contributed by atoms with Gasteiger partial charge < -0.3 is 27.4 Å². The molecule has 0 saturated heterocycles. The summed E-state index contributed by atoms with van der Waals surface area (Å²) in [5.41, 5.74) is 0. The van der Waals surface area contributed by atoms with E-state index in [4.69, 9.17) is 10.5 Å². The van der Waals surface area contributed by atoms with Crippen molar-refractivity contribution >= 4 is 0 Å². The standard InChI is InChI=1S/H2O2.5O.2V/c1-2;;;;;;;/h1-2H;;;;;;;/q;5*-2;;. The molecule has 0 atom stereocenters. The Morgan fingerprint density at radius 3 is 0.444 bits per heavy atom. The van der Waals surface area contributed by atoms with Gasteiger partial charge in [-0.25, -0.2) is 0 Å². The van der Waals surface area contributed by atoms with Crippen molar-refractivity contribution in [2.24, 2.45) is 0 Å². The second-order valence-electron chi connectivity index (χ2n) is 0. The molecule has 0 unspecified atom stereocenters.